The van der Waals surface area contributed by atoms with E-state index in [0.29, 0.717) is 0 Å². The number of para-hydroxylation sites is 1. The molecule has 0 aliphatic heterocycles. The molecule has 0 amide bonds. The van der Waals surface area contributed by atoms with E-state index in [1.54, 1.807) is 26.0 Å². The van der Waals surface area contributed by atoms with Gasteiger partial charge in [0, 0.05) is 10.6 Å². The lowest BCUT2D eigenvalue weighted by atomic mass is 10.3. The Bertz CT molecular complexity index is 543. The summed E-state index contributed by atoms with van der Waals surface area (Å²) in [5.74, 6) is 1.63. The van der Waals surface area contributed by atoms with Gasteiger partial charge in [-0.3, -0.25) is 0 Å². The molecule has 94 valence electrons. The Morgan fingerprint density at radius 1 is 0.944 bits per heavy atom. The number of rotatable bonds is 4. The Balaban J connectivity index is 2.33. The third-order valence-corrected chi connectivity index (χ3v) is 3.64. The lowest BCUT2D eigenvalue weighted by Gasteiger charge is -2.10. The number of benzene rings is 2. The quantitative estimate of drug-likeness (QED) is 0.856. The summed E-state index contributed by atoms with van der Waals surface area (Å²) in [6.45, 7) is 0. The second kappa shape index (κ2) is 5.69. The molecule has 0 saturated carbocycles. The van der Waals surface area contributed by atoms with E-state index in [1.807, 2.05) is 42.5 Å². The van der Waals surface area contributed by atoms with Crippen LogP contribution in [-0.4, -0.2) is 14.2 Å². The third kappa shape index (κ3) is 2.71. The molecule has 2 aromatic carbocycles. The zero-order valence-electron chi connectivity index (χ0n) is 10.3. The first-order valence-corrected chi connectivity index (χ1v) is 6.30. The number of hydrogen-bond acceptors (Lipinski definition) is 4. The minimum absolute atomic E-state index is 0.728. The average Bonchev–Trinajstić information content (AvgIpc) is 2.42. The van der Waals surface area contributed by atoms with Crippen LogP contribution in [0.4, 0.5) is 5.69 Å². The van der Waals surface area contributed by atoms with Crippen molar-refractivity contribution in [1.29, 1.82) is 0 Å². The Labute approximate surface area is 111 Å². The second-order valence-electron chi connectivity index (χ2n) is 3.66. The van der Waals surface area contributed by atoms with Crippen LogP contribution in [0.2, 0.25) is 0 Å². The van der Waals surface area contributed by atoms with Crippen molar-refractivity contribution in [2.75, 3.05) is 20.0 Å². The molecular weight excluding hydrogens is 246 g/mol. The number of nitrogen functional groups attached to an aromatic ring is 1. The SMILES string of the molecule is COc1ccc(N)c(Sc2ccccc2OC)c1. The van der Waals surface area contributed by atoms with E-state index in [4.69, 9.17) is 15.2 Å². The minimum atomic E-state index is 0.728. The molecule has 0 aliphatic carbocycles. The zero-order chi connectivity index (χ0) is 13.0. The Morgan fingerprint density at radius 3 is 2.44 bits per heavy atom. The first kappa shape index (κ1) is 12.6. The van der Waals surface area contributed by atoms with Gasteiger partial charge < -0.3 is 15.2 Å². The van der Waals surface area contributed by atoms with Crippen molar-refractivity contribution in [3.05, 3.63) is 42.5 Å². The van der Waals surface area contributed by atoms with Crippen LogP contribution in [0.15, 0.2) is 52.3 Å². The summed E-state index contributed by atoms with van der Waals surface area (Å²) in [5, 5.41) is 0. The molecule has 2 N–H and O–H groups in total. The molecule has 0 aromatic heterocycles. The van der Waals surface area contributed by atoms with Crippen LogP contribution >= 0.6 is 11.8 Å². The van der Waals surface area contributed by atoms with Crippen molar-refractivity contribution in [2.45, 2.75) is 9.79 Å². The second-order valence-corrected chi connectivity index (χ2v) is 4.74. The molecule has 0 spiro atoms. The zero-order valence-corrected chi connectivity index (χ0v) is 11.2. The van der Waals surface area contributed by atoms with Gasteiger partial charge >= 0.3 is 0 Å². The summed E-state index contributed by atoms with van der Waals surface area (Å²) in [7, 11) is 3.30. The van der Waals surface area contributed by atoms with E-state index in [2.05, 4.69) is 0 Å². The van der Waals surface area contributed by atoms with Crippen LogP contribution in [-0.2, 0) is 0 Å². The Hall–Kier alpha value is -1.81. The van der Waals surface area contributed by atoms with Crippen LogP contribution < -0.4 is 15.2 Å². The van der Waals surface area contributed by atoms with Crippen molar-refractivity contribution in [2.24, 2.45) is 0 Å². The highest BCUT2D eigenvalue weighted by atomic mass is 32.2. The maximum atomic E-state index is 5.97. The van der Waals surface area contributed by atoms with Crippen molar-refractivity contribution in [1.82, 2.24) is 0 Å². The van der Waals surface area contributed by atoms with Crippen LogP contribution in [0, 0.1) is 0 Å². The van der Waals surface area contributed by atoms with Crippen LogP contribution in [0.1, 0.15) is 0 Å². The van der Waals surface area contributed by atoms with E-state index >= 15 is 0 Å². The van der Waals surface area contributed by atoms with Gasteiger partial charge in [0.25, 0.3) is 0 Å². The summed E-state index contributed by atoms with van der Waals surface area (Å²) >= 11 is 1.56. The molecule has 0 atom stereocenters. The molecule has 3 nitrogen and oxygen atoms in total. The van der Waals surface area contributed by atoms with Gasteiger partial charge in [0.05, 0.1) is 19.1 Å². The van der Waals surface area contributed by atoms with E-state index in [1.165, 1.54) is 0 Å². The topological polar surface area (TPSA) is 44.5 Å². The van der Waals surface area contributed by atoms with Gasteiger partial charge in [-0.05, 0) is 30.3 Å². The maximum Gasteiger partial charge on any atom is 0.132 e. The fourth-order valence-electron chi connectivity index (χ4n) is 1.55. The monoisotopic (exact) mass is 261 g/mol. The highest BCUT2D eigenvalue weighted by molar-refractivity contribution is 7.99. The first-order valence-electron chi connectivity index (χ1n) is 5.49. The van der Waals surface area contributed by atoms with Crippen molar-refractivity contribution in [3.63, 3.8) is 0 Å². The summed E-state index contributed by atoms with van der Waals surface area (Å²) in [6.07, 6.45) is 0. The van der Waals surface area contributed by atoms with Crippen LogP contribution in [0.25, 0.3) is 0 Å². The molecule has 0 heterocycles. The predicted molar refractivity (Wildman–Crippen MR) is 74.5 cm³/mol. The van der Waals surface area contributed by atoms with Gasteiger partial charge in [-0.1, -0.05) is 23.9 Å². The molecule has 2 rings (SSSR count). The third-order valence-electron chi connectivity index (χ3n) is 2.51. The van der Waals surface area contributed by atoms with Crippen LogP contribution in [0.3, 0.4) is 0 Å². The molecular formula is C14H15NO2S. The smallest absolute Gasteiger partial charge is 0.132 e. The van der Waals surface area contributed by atoms with Gasteiger partial charge in [0.15, 0.2) is 0 Å². The molecule has 0 aliphatic rings. The van der Waals surface area contributed by atoms with Crippen molar-refractivity contribution < 1.29 is 9.47 Å². The van der Waals surface area contributed by atoms with Crippen molar-refractivity contribution >= 4 is 17.4 Å². The summed E-state index contributed by atoms with van der Waals surface area (Å²) in [6, 6.07) is 13.5. The molecule has 2 aromatic rings. The van der Waals surface area contributed by atoms with E-state index in [9.17, 15) is 0 Å². The number of anilines is 1. The Morgan fingerprint density at radius 2 is 1.72 bits per heavy atom. The molecule has 0 fully saturated rings. The lowest BCUT2D eigenvalue weighted by Crippen LogP contribution is -1.91. The molecule has 0 bridgehead atoms. The van der Waals surface area contributed by atoms with Gasteiger partial charge in [-0.25, -0.2) is 0 Å². The fraction of sp³-hybridized carbons (Fsp3) is 0.143. The van der Waals surface area contributed by atoms with Crippen molar-refractivity contribution in [3.8, 4) is 11.5 Å². The highest BCUT2D eigenvalue weighted by Gasteiger charge is 2.07. The maximum absolute atomic E-state index is 5.97. The average molecular weight is 261 g/mol. The summed E-state index contributed by atoms with van der Waals surface area (Å²) in [4.78, 5) is 1.99. The minimum Gasteiger partial charge on any atom is -0.497 e. The van der Waals surface area contributed by atoms with Gasteiger partial charge in [-0.2, -0.15) is 0 Å². The van der Waals surface area contributed by atoms with E-state index < -0.39 is 0 Å². The number of ether oxygens (including phenoxy) is 2. The molecule has 0 unspecified atom stereocenters. The van der Waals surface area contributed by atoms with Gasteiger partial charge in [0.1, 0.15) is 11.5 Å². The molecule has 0 radical (unpaired) electrons. The molecule has 18 heavy (non-hydrogen) atoms. The predicted octanol–water partition coefficient (Wildman–Crippen LogP) is 3.44. The number of methoxy groups -OCH3 is 2. The number of hydrogen-bond donors (Lipinski definition) is 1. The Kier molecular flexibility index (Phi) is 3.99. The van der Waals surface area contributed by atoms with E-state index in [0.717, 1.165) is 27.0 Å². The molecule has 0 saturated heterocycles. The lowest BCUT2D eigenvalue weighted by molar-refractivity contribution is 0.405. The van der Waals surface area contributed by atoms with E-state index in [-0.39, 0.29) is 0 Å². The van der Waals surface area contributed by atoms with Crippen LogP contribution in [0.5, 0.6) is 11.5 Å². The van der Waals surface area contributed by atoms with Gasteiger partial charge in [0.2, 0.25) is 0 Å². The summed E-state index contributed by atoms with van der Waals surface area (Å²) < 4.78 is 10.5. The first-order chi connectivity index (χ1) is 8.74. The fourth-order valence-corrected chi connectivity index (χ4v) is 2.55. The summed E-state index contributed by atoms with van der Waals surface area (Å²) in [5.41, 5.74) is 6.69. The standard InChI is InChI=1S/C14H15NO2S/c1-16-10-7-8-11(15)14(9-10)18-13-6-4-3-5-12(13)17-2/h3-9H,15H2,1-2H3. The normalized spacial score (nSPS) is 10.1. The molecule has 4 heteroatoms. The number of nitrogens with two attached hydrogens (primary N) is 1. The largest absolute Gasteiger partial charge is 0.497 e. The van der Waals surface area contributed by atoms with Gasteiger partial charge in [-0.15, -0.1) is 0 Å². The highest BCUT2D eigenvalue weighted by Crippen LogP contribution is 2.38.